The van der Waals surface area contributed by atoms with Gasteiger partial charge >= 0.3 is 0 Å². The Morgan fingerprint density at radius 2 is 1.77 bits per heavy atom. The van der Waals surface area contributed by atoms with Gasteiger partial charge in [0.2, 0.25) is 5.95 Å². The van der Waals surface area contributed by atoms with E-state index in [2.05, 4.69) is 20.6 Å². The maximum absolute atomic E-state index is 12.5. The van der Waals surface area contributed by atoms with Crippen LogP contribution in [0, 0.1) is 0 Å². The maximum Gasteiger partial charge on any atom is 0.274 e. The number of nitrogens with one attached hydrogen (secondary N) is 2. The van der Waals surface area contributed by atoms with Crippen molar-refractivity contribution in [1.82, 2.24) is 9.97 Å². The van der Waals surface area contributed by atoms with E-state index in [4.69, 9.17) is 27.9 Å². The van der Waals surface area contributed by atoms with Gasteiger partial charge in [0.15, 0.2) is 0 Å². The van der Waals surface area contributed by atoms with Gasteiger partial charge in [-0.05, 0) is 30.3 Å². The number of methoxy groups -OCH3 is 1. The highest BCUT2D eigenvalue weighted by Crippen LogP contribution is 2.30. The topological polar surface area (TPSA) is 76.1 Å². The third-order valence-electron chi connectivity index (χ3n) is 3.44. The molecule has 132 valence electrons. The summed E-state index contributed by atoms with van der Waals surface area (Å²) in [6, 6.07) is 13.8. The molecule has 3 rings (SSSR count). The number of rotatable bonds is 5. The minimum atomic E-state index is -0.453. The molecule has 0 aliphatic rings. The number of hydrogen-bond donors (Lipinski definition) is 2. The maximum atomic E-state index is 12.5. The molecule has 26 heavy (non-hydrogen) atoms. The van der Waals surface area contributed by atoms with Crippen molar-refractivity contribution in [3.05, 3.63) is 70.5 Å². The molecule has 0 atom stereocenters. The highest BCUT2D eigenvalue weighted by molar-refractivity contribution is 6.40. The quantitative estimate of drug-likeness (QED) is 0.656. The molecule has 0 aliphatic heterocycles. The van der Waals surface area contributed by atoms with Gasteiger partial charge in [0, 0.05) is 6.20 Å². The van der Waals surface area contributed by atoms with Crippen molar-refractivity contribution in [3.63, 3.8) is 0 Å². The van der Waals surface area contributed by atoms with Crippen LogP contribution in [0.1, 0.15) is 10.5 Å². The molecular weight excluding hydrogens is 375 g/mol. The van der Waals surface area contributed by atoms with Crippen molar-refractivity contribution in [2.24, 2.45) is 0 Å². The minimum absolute atomic E-state index is 0.161. The molecule has 1 heterocycles. The Balaban J connectivity index is 1.82. The Hall–Kier alpha value is -2.83. The highest BCUT2D eigenvalue weighted by Gasteiger charge is 2.14. The van der Waals surface area contributed by atoms with E-state index in [9.17, 15) is 4.79 Å². The van der Waals surface area contributed by atoms with E-state index in [-0.39, 0.29) is 11.6 Å². The molecule has 0 aliphatic carbocycles. The smallest absolute Gasteiger partial charge is 0.274 e. The summed E-state index contributed by atoms with van der Waals surface area (Å²) in [5, 5.41) is 6.37. The SMILES string of the molecule is COc1ccccc1Nc1nccc(C(=O)Nc2c(Cl)cccc2Cl)n1. The van der Waals surface area contributed by atoms with Gasteiger partial charge < -0.3 is 15.4 Å². The summed E-state index contributed by atoms with van der Waals surface area (Å²) in [4.78, 5) is 20.8. The van der Waals surface area contributed by atoms with Crippen LogP contribution in [0.15, 0.2) is 54.7 Å². The first kappa shape index (κ1) is 18.0. The Morgan fingerprint density at radius 3 is 2.50 bits per heavy atom. The summed E-state index contributed by atoms with van der Waals surface area (Å²) in [6.07, 6.45) is 1.48. The molecule has 6 nitrogen and oxygen atoms in total. The Kier molecular flexibility index (Phi) is 5.55. The highest BCUT2D eigenvalue weighted by atomic mass is 35.5. The number of hydrogen-bond acceptors (Lipinski definition) is 5. The molecule has 0 saturated heterocycles. The van der Waals surface area contributed by atoms with Crippen LogP contribution >= 0.6 is 23.2 Å². The van der Waals surface area contributed by atoms with E-state index < -0.39 is 5.91 Å². The van der Waals surface area contributed by atoms with Gasteiger partial charge in [0.05, 0.1) is 28.5 Å². The Bertz CT molecular complexity index is 930. The molecule has 2 N–H and O–H groups in total. The van der Waals surface area contributed by atoms with Gasteiger partial charge in [0.1, 0.15) is 11.4 Å². The van der Waals surface area contributed by atoms with E-state index in [1.165, 1.54) is 12.3 Å². The van der Waals surface area contributed by atoms with Gasteiger partial charge in [-0.1, -0.05) is 41.4 Å². The van der Waals surface area contributed by atoms with Crippen LogP contribution < -0.4 is 15.4 Å². The van der Waals surface area contributed by atoms with E-state index in [1.54, 1.807) is 31.4 Å². The summed E-state index contributed by atoms with van der Waals surface area (Å²) in [6.45, 7) is 0. The van der Waals surface area contributed by atoms with E-state index in [0.29, 0.717) is 27.2 Å². The lowest BCUT2D eigenvalue weighted by molar-refractivity contribution is 0.102. The lowest BCUT2D eigenvalue weighted by Gasteiger charge is -2.11. The lowest BCUT2D eigenvalue weighted by atomic mass is 10.3. The summed E-state index contributed by atoms with van der Waals surface area (Å²) >= 11 is 12.1. The second-order valence-corrected chi connectivity index (χ2v) is 5.96. The summed E-state index contributed by atoms with van der Waals surface area (Å²) in [5.74, 6) is 0.437. The van der Waals surface area contributed by atoms with E-state index in [1.807, 2.05) is 18.2 Å². The molecular formula is C18H14Cl2N4O2. The first-order chi connectivity index (χ1) is 12.6. The number of carbonyl (C=O) groups excluding carboxylic acids is 1. The first-order valence-corrected chi connectivity index (χ1v) is 8.32. The predicted molar refractivity (Wildman–Crippen MR) is 103 cm³/mol. The van der Waals surface area contributed by atoms with Crippen molar-refractivity contribution in [2.75, 3.05) is 17.7 Å². The third kappa shape index (κ3) is 4.04. The number of aromatic nitrogens is 2. The van der Waals surface area contributed by atoms with Crippen LogP contribution in [-0.2, 0) is 0 Å². The zero-order valence-corrected chi connectivity index (χ0v) is 15.2. The average molecular weight is 389 g/mol. The van der Waals surface area contributed by atoms with Crippen LogP contribution in [-0.4, -0.2) is 23.0 Å². The number of para-hydroxylation sites is 3. The second kappa shape index (κ2) is 8.03. The van der Waals surface area contributed by atoms with Crippen molar-refractivity contribution in [1.29, 1.82) is 0 Å². The zero-order chi connectivity index (χ0) is 18.5. The Morgan fingerprint density at radius 1 is 1.04 bits per heavy atom. The van der Waals surface area contributed by atoms with Gasteiger partial charge in [-0.25, -0.2) is 9.97 Å². The molecule has 0 bridgehead atoms. The number of anilines is 3. The van der Waals surface area contributed by atoms with Crippen LogP contribution in [0.25, 0.3) is 0 Å². The summed E-state index contributed by atoms with van der Waals surface area (Å²) < 4.78 is 5.27. The molecule has 1 aromatic heterocycles. The molecule has 0 radical (unpaired) electrons. The lowest BCUT2D eigenvalue weighted by Crippen LogP contribution is -2.15. The standard InChI is InChI=1S/C18H14Cl2N4O2/c1-26-15-8-3-2-7-13(15)22-18-21-10-9-14(23-18)17(25)24-16-11(19)5-4-6-12(16)20/h2-10H,1H3,(H,24,25)(H,21,22,23). The van der Waals surface area contributed by atoms with Gasteiger partial charge in [-0.15, -0.1) is 0 Å². The molecule has 3 aromatic rings. The normalized spacial score (nSPS) is 10.3. The third-order valence-corrected chi connectivity index (χ3v) is 4.07. The molecule has 8 heteroatoms. The number of nitrogens with zero attached hydrogens (tertiary/aromatic N) is 2. The van der Waals surface area contributed by atoms with Gasteiger partial charge in [-0.2, -0.15) is 0 Å². The largest absolute Gasteiger partial charge is 0.495 e. The van der Waals surface area contributed by atoms with Crippen LogP contribution in [0.2, 0.25) is 10.0 Å². The summed E-state index contributed by atoms with van der Waals surface area (Å²) in [7, 11) is 1.57. The molecule has 0 fully saturated rings. The van der Waals surface area contributed by atoms with Crippen LogP contribution in [0.3, 0.4) is 0 Å². The molecule has 2 aromatic carbocycles. The number of ether oxygens (including phenoxy) is 1. The molecule has 0 spiro atoms. The fourth-order valence-electron chi connectivity index (χ4n) is 2.21. The van der Waals surface area contributed by atoms with Crippen LogP contribution in [0.4, 0.5) is 17.3 Å². The summed E-state index contributed by atoms with van der Waals surface area (Å²) in [5.41, 5.74) is 1.17. The number of benzene rings is 2. The average Bonchev–Trinajstić information content (AvgIpc) is 2.65. The molecule has 0 unspecified atom stereocenters. The number of amides is 1. The van der Waals surface area contributed by atoms with Gasteiger partial charge in [-0.3, -0.25) is 4.79 Å². The van der Waals surface area contributed by atoms with Crippen molar-refractivity contribution < 1.29 is 9.53 Å². The molecule has 0 saturated carbocycles. The second-order valence-electron chi connectivity index (χ2n) is 5.14. The predicted octanol–water partition coefficient (Wildman–Crippen LogP) is 4.79. The number of halogens is 2. The zero-order valence-electron chi connectivity index (χ0n) is 13.7. The molecule has 1 amide bonds. The fourth-order valence-corrected chi connectivity index (χ4v) is 2.70. The Labute approximate surface area is 160 Å². The monoisotopic (exact) mass is 388 g/mol. The van der Waals surface area contributed by atoms with E-state index in [0.717, 1.165) is 0 Å². The first-order valence-electron chi connectivity index (χ1n) is 7.57. The fraction of sp³-hybridized carbons (Fsp3) is 0.0556. The van der Waals surface area contributed by atoms with Crippen molar-refractivity contribution in [3.8, 4) is 5.75 Å². The van der Waals surface area contributed by atoms with Gasteiger partial charge in [0.25, 0.3) is 5.91 Å². The van der Waals surface area contributed by atoms with Crippen molar-refractivity contribution >= 4 is 46.4 Å². The van der Waals surface area contributed by atoms with Crippen LogP contribution in [0.5, 0.6) is 5.75 Å². The van der Waals surface area contributed by atoms with E-state index >= 15 is 0 Å². The number of carbonyl (C=O) groups is 1. The minimum Gasteiger partial charge on any atom is -0.495 e. The van der Waals surface area contributed by atoms with Crippen molar-refractivity contribution in [2.45, 2.75) is 0 Å².